The van der Waals surface area contributed by atoms with Crippen molar-refractivity contribution in [2.75, 3.05) is 36.4 Å². The highest BCUT2D eigenvalue weighted by molar-refractivity contribution is 5.92. The van der Waals surface area contributed by atoms with Crippen LogP contribution in [-0.2, 0) is 11.2 Å². The van der Waals surface area contributed by atoms with Crippen LogP contribution in [0.15, 0.2) is 48.7 Å². The van der Waals surface area contributed by atoms with E-state index >= 15 is 0 Å². The quantitative estimate of drug-likeness (QED) is 0.721. The summed E-state index contributed by atoms with van der Waals surface area (Å²) in [6.45, 7) is 5.42. The van der Waals surface area contributed by atoms with Gasteiger partial charge in [0.05, 0.1) is 0 Å². The molecule has 2 N–H and O–H groups in total. The van der Waals surface area contributed by atoms with Crippen LogP contribution in [-0.4, -0.2) is 48.0 Å². The molecule has 144 valence electrons. The number of fused-ring (bicyclic) bond motifs is 2. The fraction of sp³-hybridized carbons (Fsp3) is 0.348. The van der Waals surface area contributed by atoms with Gasteiger partial charge in [-0.05, 0) is 49.6 Å². The summed E-state index contributed by atoms with van der Waals surface area (Å²) in [5, 5.41) is 4.73. The number of aromatic nitrogens is 1. The number of H-pyrrole nitrogens is 1. The van der Waals surface area contributed by atoms with Crippen LogP contribution in [0.25, 0.3) is 10.9 Å². The van der Waals surface area contributed by atoms with Crippen molar-refractivity contribution < 1.29 is 4.79 Å². The van der Waals surface area contributed by atoms with Crippen molar-refractivity contribution in [1.29, 1.82) is 0 Å². The number of piperazine rings is 1. The molecule has 1 saturated heterocycles. The monoisotopic (exact) mass is 374 g/mol. The predicted molar refractivity (Wildman–Crippen MR) is 114 cm³/mol. The average molecular weight is 374 g/mol. The standard InChI is InChI=1S/C23H26N4O/c1-16-5-7-19-17(15-16)6-8-21(25-19)23(28)27-13-11-26(12-14-27)22-4-2-3-20-18(22)9-10-24-20/h2-5,7,9-10,15,21,24-25H,6,8,11-14H2,1H3. The van der Waals surface area contributed by atoms with Crippen LogP contribution in [0, 0.1) is 6.92 Å². The lowest BCUT2D eigenvalue weighted by Crippen LogP contribution is -2.53. The summed E-state index contributed by atoms with van der Waals surface area (Å²) in [5.41, 5.74) is 6.14. The molecule has 3 heterocycles. The third-order valence-corrected chi connectivity index (χ3v) is 6.09. The molecule has 2 aromatic carbocycles. The highest BCUT2D eigenvalue weighted by Gasteiger charge is 2.30. The molecule has 0 bridgehead atoms. The maximum atomic E-state index is 13.1. The van der Waals surface area contributed by atoms with Crippen molar-refractivity contribution in [2.24, 2.45) is 0 Å². The van der Waals surface area contributed by atoms with Crippen molar-refractivity contribution in [3.8, 4) is 0 Å². The summed E-state index contributed by atoms with van der Waals surface area (Å²) >= 11 is 0. The summed E-state index contributed by atoms with van der Waals surface area (Å²) < 4.78 is 0. The lowest BCUT2D eigenvalue weighted by atomic mass is 9.95. The smallest absolute Gasteiger partial charge is 0.245 e. The highest BCUT2D eigenvalue weighted by Crippen LogP contribution is 2.29. The highest BCUT2D eigenvalue weighted by atomic mass is 16.2. The Morgan fingerprint density at radius 2 is 1.93 bits per heavy atom. The number of aryl methyl sites for hydroxylation is 2. The second-order valence-electron chi connectivity index (χ2n) is 7.92. The van der Waals surface area contributed by atoms with E-state index in [-0.39, 0.29) is 11.9 Å². The van der Waals surface area contributed by atoms with Gasteiger partial charge in [0.1, 0.15) is 6.04 Å². The van der Waals surface area contributed by atoms with Gasteiger partial charge in [0, 0.05) is 54.7 Å². The van der Waals surface area contributed by atoms with E-state index in [2.05, 4.69) is 64.6 Å². The van der Waals surface area contributed by atoms with E-state index in [0.29, 0.717) is 0 Å². The summed E-state index contributed by atoms with van der Waals surface area (Å²) in [5.74, 6) is 0.241. The van der Waals surface area contributed by atoms with Gasteiger partial charge in [-0.2, -0.15) is 0 Å². The SMILES string of the molecule is Cc1ccc2c(c1)CCC(C(=O)N1CCN(c3cccc4[nH]ccc34)CC1)N2. The summed E-state index contributed by atoms with van der Waals surface area (Å²) in [6.07, 6.45) is 3.83. The number of nitrogens with zero attached hydrogens (tertiary/aromatic N) is 2. The zero-order chi connectivity index (χ0) is 19.1. The molecule has 5 nitrogen and oxygen atoms in total. The van der Waals surface area contributed by atoms with Crippen LogP contribution in [0.1, 0.15) is 17.5 Å². The number of carbonyl (C=O) groups is 1. The van der Waals surface area contributed by atoms with Gasteiger partial charge in [-0.25, -0.2) is 0 Å². The largest absolute Gasteiger partial charge is 0.373 e. The zero-order valence-corrected chi connectivity index (χ0v) is 16.2. The minimum atomic E-state index is -0.102. The number of carbonyl (C=O) groups excluding carboxylic acids is 1. The fourth-order valence-electron chi connectivity index (χ4n) is 4.55. The van der Waals surface area contributed by atoms with Crippen molar-refractivity contribution in [2.45, 2.75) is 25.8 Å². The Labute approximate surface area is 165 Å². The molecule has 1 amide bonds. The van der Waals surface area contributed by atoms with Gasteiger partial charge in [0.25, 0.3) is 0 Å². The molecular formula is C23H26N4O. The lowest BCUT2D eigenvalue weighted by Gasteiger charge is -2.39. The molecule has 5 rings (SSSR count). The van der Waals surface area contributed by atoms with E-state index in [0.717, 1.165) is 50.2 Å². The van der Waals surface area contributed by atoms with Crippen LogP contribution >= 0.6 is 0 Å². The molecule has 1 atom stereocenters. The van der Waals surface area contributed by atoms with E-state index in [1.165, 1.54) is 22.2 Å². The van der Waals surface area contributed by atoms with Crippen LogP contribution < -0.4 is 10.2 Å². The number of rotatable bonds is 2. The van der Waals surface area contributed by atoms with Crippen molar-refractivity contribution in [1.82, 2.24) is 9.88 Å². The first-order valence-electron chi connectivity index (χ1n) is 10.1. The van der Waals surface area contributed by atoms with Crippen molar-refractivity contribution in [3.05, 3.63) is 59.8 Å². The molecule has 2 aliphatic heterocycles. The van der Waals surface area contributed by atoms with Gasteiger partial charge in [0.2, 0.25) is 5.91 Å². The van der Waals surface area contributed by atoms with Gasteiger partial charge >= 0.3 is 0 Å². The Morgan fingerprint density at radius 1 is 1.07 bits per heavy atom. The predicted octanol–water partition coefficient (Wildman–Crippen LogP) is 3.55. The maximum absolute atomic E-state index is 13.1. The number of hydrogen-bond donors (Lipinski definition) is 2. The van der Waals surface area contributed by atoms with Crippen LogP contribution in [0.5, 0.6) is 0 Å². The van der Waals surface area contributed by atoms with Crippen LogP contribution in [0.3, 0.4) is 0 Å². The molecule has 5 heteroatoms. The van der Waals surface area contributed by atoms with Gasteiger partial charge in [-0.15, -0.1) is 0 Å². The second kappa shape index (κ2) is 6.89. The third kappa shape index (κ3) is 3.01. The van der Waals surface area contributed by atoms with Crippen LogP contribution in [0.2, 0.25) is 0 Å². The Bertz CT molecular complexity index is 1020. The molecular weight excluding hydrogens is 348 g/mol. The number of aromatic amines is 1. The van der Waals surface area contributed by atoms with Crippen LogP contribution in [0.4, 0.5) is 11.4 Å². The zero-order valence-electron chi connectivity index (χ0n) is 16.2. The molecule has 0 aliphatic carbocycles. The minimum Gasteiger partial charge on any atom is -0.373 e. The number of benzene rings is 2. The Kier molecular flexibility index (Phi) is 4.23. The van der Waals surface area contributed by atoms with Gasteiger partial charge in [-0.1, -0.05) is 23.8 Å². The molecule has 1 unspecified atom stereocenters. The number of amides is 1. The average Bonchev–Trinajstić information content (AvgIpc) is 3.22. The van der Waals surface area contributed by atoms with E-state index < -0.39 is 0 Å². The Balaban J connectivity index is 1.25. The summed E-state index contributed by atoms with van der Waals surface area (Å²) in [7, 11) is 0. The fourth-order valence-corrected chi connectivity index (χ4v) is 4.55. The van der Waals surface area contributed by atoms with E-state index in [4.69, 9.17) is 0 Å². The maximum Gasteiger partial charge on any atom is 0.245 e. The number of hydrogen-bond acceptors (Lipinski definition) is 3. The molecule has 2 aliphatic rings. The van der Waals surface area contributed by atoms with E-state index in [1.54, 1.807) is 0 Å². The molecule has 0 radical (unpaired) electrons. The Hall–Kier alpha value is -2.95. The first-order valence-corrected chi connectivity index (χ1v) is 10.1. The number of anilines is 2. The molecule has 28 heavy (non-hydrogen) atoms. The van der Waals surface area contributed by atoms with Crippen molar-refractivity contribution >= 4 is 28.2 Å². The molecule has 0 spiro atoms. The minimum absolute atomic E-state index is 0.102. The van der Waals surface area contributed by atoms with E-state index in [1.807, 2.05) is 11.1 Å². The second-order valence-corrected chi connectivity index (χ2v) is 7.92. The normalized spacial score (nSPS) is 19.4. The lowest BCUT2D eigenvalue weighted by molar-refractivity contribution is -0.132. The first-order chi connectivity index (χ1) is 13.7. The van der Waals surface area contributed by atoms with Gasteiger partial charge in [0.15, 0.2) is 0 Å². The summed E-state index contributed by atoms with van der Waals surface area (Å²) in [6, 6.07) is 14.9. The van der Waals surface area contributed by atoms with E-state index in [9.17, 15) is 4.79 Å². The number of nitrogens with one attached hydrogen (secondary N) is 2. The molecule has 0 saturated carbocycles. The third-order valence-electron chi connectivity index (χ3n) is 6.09. The van der Waals surface area contributed by atoms with Gasteiger partial charge in [-0.3, -0.25) is 4.79 Å². The summed E-state index contributed by atoms with van der Waals surface area (Å²) in [4.78, 5) is 20.8. The molecule has 1 aromatic heterocycles. The first kappa shape index (κ1) is 17.2. The van der Waals surface area contributed by atoms with Gasteiger partial charge < -0.3 is 20.1 Å². The molecule has 3 aromatic rings. The topological polar surface area (TPSA) is 51.4 Å². The Morgan fingerprint density at radius 3 is 2.79 bits per heavy atom. The molecule has 1 fully saturated rings. The van der Waals surface area contributed by atoms with Crippen molar-refractivity contribution in [3.63, 3.8) is 0 Å².